The minimum absolute atomic E-state index is 0.0568. The molecule has 2 amide bonds. The number of amides is 2. The monoisotopic (exact) mass is 592 g/mol. The number of hydrogen-bond donors (Lipinski definition) is 0. The zero-order valence-corrected chi connectivity index (χ0v) is 24.9. The molecular weight excluding hydrogens is 560 g/mol. The van der Waals surface area contributed by atoms with Crippen LogP contribution in [0.15, 0.2) is 53.4 Å². The summed E-state index contributed by atoms with van der Waals surface area (Å²) >= 11 is 0. The lowest BCUT2D eigenvalue weighted by Gasteiger charge is -2.29. The molecule has 1 unspecified atom stereocenters. The number of sulfonamides is 1. The summed E-state index contributed by atoms with van der Waals surface area (Å²) in [7, 11) is -4.29. The fourth-order valence-corrected chi connectivity index (χ4v) is 7.49. The Morgan fingerprint density at radius 3 is 2.24 bits per heavy atom. The molecule has 0 N–H and O–H groups in total. The van der Waals surface area contributed by atoms with Gasteiger partial charge in [0.25, 0.3) is 5.91 Å². The van der Waals surface area contributed by atoms with Crippen molar-refractivity contribution in [2.75, 3.05) is 18.3 Å². The maximum Gasteiger partial charge on any atom is 0.338 e. The van der Waals surface area contributed by atoms with Gasteiger partial charge in [0.1, 0.15) is 6.04 Å². The number of ether oxygens (including phenoxy) is 3. The second-order valence-electron chi connectivity index (χ2n) is 10.4. The Labute approximate surface area is 244 Å². The fraction of sp³-hybridized carbons (Fsp3) is 0.323. The van der Waals surface area contributed by atoms with Crippen LogP contribution in [-0.4, -0.2) is 49.9 Å². The zero-order valence-electron chi connectivity index (χ0n) is 24.1. The Balaban J connectivity index is 1.56. The summed E-state index contributed by atoms with van der Waals surface area (Å²) in [6.07, 6.45) is -0.342. The van der Waals surface area contributed by atoms with Gasteiger partial charge in [-0.1, -0.05) is 12.1 Å². The van der Waals surface area contributed by atoms with Crippen LogP contribution in [0.5, 0.6) is 11.5 Å². The van der Waals surface area contributed by atoms with Crippen LogP contribution in [-0.2, 0) is 30.9 Å². The maximum absolute atomic E-state index is 14.5. The van der Waals surface area contributed by atoms with E-state index >= 15 is 0 Å². The van der Waals surface area contributed by atoms with Crippen molar-refractivity contribution < 1.29 is 37.0 Å². The minimum atomic E-state index is -4.29. The molecule has 0 radical (unpaired) electrons. The lowest BCUT2D eigenvalue weighted by molar-refractivity contribution is -0.122. The molecule has 1 atom stereocenters. The number of benzene rings is 3. The second-order valence-corrected chi connectivity index (χ2v) is 12.2. The number of aryl methyl sites for hydroxylation is 2. The highest BCUT2D eigenvalue weighted by Crippen LogP contribution is 2.37. The predicted octanol–water partition coefficient (Wildman–Crippen LogP) is 4.35. The van der Waals surface area contributed by atoms with E-state index in [1.165, 1.54) is 24.3 Å². The van der Waals surface area contributed by atoms with Gasteiger partial charge < -0.3 is 14.2 Å². The third-order valence-corrected chi connectivity index (χ3v) is 9.88. The van der Waals surface area contributed by atoms with E-state index in [9.17, 15) is 22.8 Å². The van der Waals surface area contributed by atoms with Gasteiger partial charge in [-0.3, -0.25) is 9.59 Å². The molecule has 0 aliphatic carbocycles. The molecule has 0 spiro atoms. The van der Waals surface area contributed by atoms with E-state index in [1.807, 2.05) is 19.9 Å². The van der Waals surface area contributed by atoms with Crippen molar-refractivity contribution >= 4 is 33.5 Å². The molecule has 2 heterocycles. The highest BCUT2D eigenvalue weighted by Gasteiger charge is 2.47. The van der Waals surface area contributed by atoms with Gasteiger partial charge in [-0.2, -0.15) is 4.31 Å². The third kappa shape index (κ3) is 5.14. The van der Waals surface area contributed by atoms with Crippen LogP contribution in [0.2, 0.25) is 0 Å². The number of anilines is 1. The molecule has 0 bridgehead atoms. The van der Waals surface area contributed by atoms with Gasteiger partial charge >= 0.3 is 5.97 Å². The summed E-state index contributed by atoms with van der Waals surface area (Å²) in [6, 6.07) is 11.6. The summed E-state index contributed by atoms with van der Waals surface area (Å²) in [6.45, 7) is 8.95. The molecule has 1 fully saturated rings. The summed E-state index contributed by atoms with van der Waals surface area (Å²) in [5.41, 5.74) is 3.84. The second kappa shape index (κ2) is 11.2. The van der Waals surface area contributed by atoms with Crippen molar-refractivity contribution in [3.05, 3.63) is 81.9 Å². The molecule has 42 heavy (non-hydrogen) atoms. The lowest BCUT2D eigenvalue weighted by Crippen LogP contribution is -2.45. The number of esters is 1. The first kappa shape index (κ1) is 29.3. The standard InChI is InChI=1S/C31H32N2O8S/c1-6-39-31(36)23-8-10-24(11-9-23)33-28(34)15-25(30(33)35)32(16-22-7-12-26-27(14-22)41-17-40-26)42(37,38)29-20(4)18(2)13-19(3)21(29)5/h7-14,25H,6,15-17H2,1-5H3. The number of nitrogens with zero attached hydrogens (tertiary/aromatic N) is 2. The average Bonchev–Trinajstić information content (AvgIpc) is 3.53. The van der Waals surface area contributed by atoms with Crippen molar-refractivity contribution in [3.63, 3.8) is 0 Å². The van der Waals surface area contributed by atoms with E-state index in [0.29, 0.717) is 28.2 Å². The van der Waals surface area contributed by atoms with Gasteiger partial charge in [-0.25, -0.2) is 18.1 Å². The Morgan fingerprint density at radius 1 is 0.952 bits per heavy atom. The van der Waals surface area contributed by atoms with Crippen molar-refractivity contribution in [2.45, 2.75) is 58.5 Å². The molecule has 10 nitrogen and oxygen atoms in total. The summed E-state index contributed by atoms with van der Waals surface area (Å²) in [5, 5.41) is 0. The van der Waals surface area contributed by atoms with E-state index in [4.69, 9.17) is 14.2 Å². The van der Waals surface area contributed by atoms with E-state index in [-0.39, 0.29) is 42.5 Å². The lowest BCUT2D eigenvalue weighted by atomic mass is 10.0. The molecule has 11 heteroatoms. The smallest absolute Gasteiger partial charge is 0.338 e. The van der Waals surface area contributed by atoms with Crippen molar-refractivity contribution in [1.29, 1.82) is 0 Å². The number of fused-ring (bicyclic) bond motifs is 1. The molecule has 0 aromatic heterocycles. The van der Waals surface area contributed by atoms with E-state index < -0.39 is 33.8 Å². The first-order valence-electron chi connectivity index (χ1n) is 13.6. The first-order valence-corrected chi connectivity index (χ1v) is 15.0. The molecular formula is C31H32N2O8S. The Bertz CT molecular complexity index is 1670. The molecule has 2 aliphatic rings. The van der Waals surface area contributed by atoms with Gasteiger partial charge in [0.2, 0.25) is 22.7 Å². The van der Waals surface area contributed by atoms with Gasteiger partial charge in [0.05, 0.1) is 29.2 Å². The fourth-order valence-electron chi connectivity index (χ4n) is 5.34. The highest BCUT2D eigenvalue weighted by atomic mass is 32.2. The first-order chi connectivity index (χ1) is 19.9. The summed E-state index contributed by atoms with van der Waals surface area (Å²) in [5.74, 6) is -0.734. The minimum Gasteiger partial charge on any atom is -0.462 e. The maximum atomic E-state index is 14.5. The number of imide groups is 1. The van der Waals surface area contributed by atoms with Gasteiger partial charge in [-0.15, -0.1) is 0 Å². The van der Waals surface area contributed by atoms with Crippen LogP contribution in [0.3, 0.4) is 0 Å². The predicted molar refractivity (Wildman–Crippen MR) is 154 cm³/mol. The van der Waals surface area contributed by atoms with Crippen LogP contribution in [0, 0.1) is 27.7 Å². The van der Waals surface area contributed by atoms with Crippen molar-refractivity contribution in [1.82, 2.24) is 4.31 Å². The SMILES string of the molecule is CCOC(=O)c1ccc(N2C(=O)CC(N(Cc3ccc4c(c3)OCO4)S(=O)(=O)c3c(C)c(C)cc(C)c3C)C2=O)cc1. The number of hydrogen-bond acceptors (Lipinski definition) is 8. The number of carbonyl (C=O) groups is 3. The van der Waals surface area contributed by atoms with E-state index in [0.717, 1.165) is 20.3 Å². The normalized spacial score (nSPS) is 16.4. The molecule has 220 valence electrons. The van der Waals surface area contributed by atoms with Gasteiger partial charge in [-0.05, 0) is 98.8 Å². The molecule has 3 aromatic rings. The van der Waals surface area contributed by atoms with Crippen molar-refractivity contribution in [3.8, 4) is 11.5 Å². The Kier molecular flexibility index (Phi) is 7.82. The van der Waals surface area contributed by atoms with Crippen molar-refractivity contribution in [2.24, 2.45) is 0 Å². The largest absolute Gasteiger partial charge is 0.462 e. The van der Waals surface area contributed by atoms with E-state index in [1.54, 1.807) is 39.0 Å². The molecule has 2 aliphatic heterocycles. The van der Waals surface area contributed by atoms with Crippen LogP contribution in [0.1, 0.15) is 51.5 Å². The molecule has 5 rings (SSSR count). The highest BCUT2D eigenvalue weighted by molar-refractivity contribution is 7.89. The van der Waals surface area contributed by atoms with E-state index in [2.05, 4.69) is 0 Å². The quantitative estimate of drug-likeness (QED) is 0.280. The topological polar surface area (TPSA) is 120 Å². The van der Waals surface area contributed by atoms with Crippen LogP contribution >= 0.6 is 0 Å². The number of rotatable bonds is 8. The summed E-state index contributed by atoms with van der Waals surface area (Å²) < 4.78 is 46.0. The van der Waals surface area contributed by atoms with Crippen LogP contribution < -0.4 is 14.4 Å². The average molecular weight is 593 g/mol. The zero-order chi connectivity index (χ0) is 30.3. The van der Waals surface area contributed by atoms with Gasteiger partial charge in [0, 0.05) is 6.54 Å². The number of carbonyl (C=O) groups excluding carboxylic acids is 3. The van der Waals surface area contributed by atoms with Crippen LogP contribution in [0.25, 0.3) is 0 Å². The third-order valence-electron chi connectivity index (χ3n) is 7.75. The molecule has 0 saturated carbocycles. The Hall–Kier alpha value is -4.22. The Morgan fingerprint density at radius 2 is 1.60 bits per heavy atom. The van der Waals surface area contributed by atoms with Crippen LogP contribution in [0.4, 0.5) is 5.69 Å². The molecule has 1 saturated heterocycles. The summed E-state index contributed by atoms with van der Waals surface area (Å²) in [4.78, 5) is 40.4. The molecule has 3 aromatic carbocycles. The van der Waals surface area contributed by atoms with Gasteiger partial charge in [0.15, 0.2) is 11.5 Å².